The summed E-state index contributed by atoms with van der Waals surface area (Å²) in [6, 6.07) is 7.00. The Morgan fingerprint density at radius 1 is 0.920 bits per heavy atom. The van der Waals surface area contributed by atoms with Crippen LogP contribution in [0.3, 0.4) is 0 Å². The second-order valence-electron chi connectivity index (χ2n) is 5.22. The number of fused-ring (bicyclic) bond motifs is 2. The third-order valence-corrected chi connectivity index (χ3v) is 4.25. The van der Waals surface area contributed by atoms with Crippen LogP contribution in [0.4, 0.5) is 5.69 Å². The number of ether oxygens (including phenoxy) is 2. The lowest BCUT2D eigenvalue weighted by atomic mass is 9.83. The van der Waals surface area contributed by atoms with E-state index in [1.54, 1.807) is 12.1 Å². The Morgan fingerprint density at radius 2 is 1.56 bits per heavy atom. The number of ketones is 2. The average molecular weight is 363 g/mol. The molecule has 0 unspecified atom stereocenters. The summed E-state index contributed by atoms with van der Waals surface area (Å²) in [5, 5.41) is 0. The molecule has 9 heteroatoms. The number of nitrogens with one attached hydrogen (secondary N) is 1. The van der Waals surface area contributed by atoms with Crippen LogP contribution in [0, 0.1) is 0 Å². The van der Waals surface area contributed by atoms with Gasteiger partial charge in [0.1, 0.15) is 11.5 Å². The molecule has 0 heterocycles. The average Bonchev–Trinajstić information content (AvgIpc) is 2.56. The molecule has 0 saturated heterocycles. The molecular weight excluding hydrogens is 350 g/mol. The number of carbonyl (C=O) groups excluding carboxylic acids is 2. The second kappa shape index (κ2) is 5.87. The molecule has 0 bridgehead atoms. The number of hydrogen-bond acceptors (Lipinski definition) is 6. The van der Waals surface area contributed by atoms with Crippen LogP contribution in [-0.2, 0) is 10.3 Å². The predicted molar refractivity (Wildman–Crippen MR) is 88.0 cm³/mol. The van der Waals surface area contributed by atoms with Gasteiger partial charge in [-0.25, -0.2) is 0 Å². The van der Waals surface area contributed by atoms with Gasteiger partial charge < -0.3 is 9.47 Å². The molecule has 8 nitrogen and oxygen atoms in total. The third-order valence-electron chi connectivity index (χ3n) is 3.76. The molecule has 25 heavy (non-hydrogen) atoms. The van der Waals surface area contributed by atoms with Gasteiger partial charge in [-0.2, -0.15) is 8.42 Å². The largest absolute Gasteiger partial charge is 0.496 e. The number of methoxy groups -OCH3 is 2. The van der Waals surface area contributed by atoms with Gasteiger partial charge in [0.2, 0.25) is 5.78 Å². The van der Waals surface area contributed by atoms with Crippen LogP contribution in [-0.4, -0.2) is 38.8 Å². The van der Waals surface area contributed by atoms with E-state index in [0.717, 1.165) is 0 Å². The van der Waals surface area contributed by atoms with Crippen molar-refractivity contribution in [2.24, 2.45) is 0 Å². The van der Waals surface area contributed by atoms with Crippen LogP contribution in [0.25, 0.3) is 0 Å². The maximum absolute atomic E-state index is 12.9. The van der Waals surface area contributed by atoms with Gasteiger partial charge >= 0.3 is 10.3 Å². The van der Waals surface area contributed by atoms with Gasteiger partial charge in [0.25, 0.3) is 0 Å². The van der Waals surface area contributed by atoms with Crippen molar-refractivity contribution in [2.45, 2.75) is 0 Å². The number of rotatable bonds is 4. The van der Waals surface area contributed by atoms with Crippen LogP contribution in [0.2, 0.25) is 0 Å². The predicted octanol–water partition coefficient (Wildman–Crippen LogP) is 1.69. The third kappa shape index (κ3) is 2.83. The van der Waals surface area contributed by atoms with Crippen LogP contribution in [0.15, 0.2) is 30.3 Å². The van der Waals surface area contributed by atoms with Gasteiger partial charge in [-0.15, -0.1) is 0 Å². The fourth-order valence-electron chi connectivity index (χ4n) is 2.79. The van der Waals surface area contributed by atoms with E-state index in [1.165, 1.54) is 32.4 Å². The molecule has 0 atom stereocenters. The molecule has 0 aromatic heterocycles. The fraction of sp³-hybridized carbons (Fsp3) is 0.125. The topological polar surface area (TPSA) is 119 Å². The minimum atomic E-state index is -4.55. The Bertz CT molecular complexity index is 1010. The zero-order valence-electron chi connectivity index (χ0n) is 13.2. The summed E-state index contributed by atoms with van der Waals surface area (Å²) >= 11 is 0. The van der Waals surface area contributed by atoms with Crippen molar-refractivity contribution in [3.05, 3.63) is 52.6 Å². The highest BCUT2D eigenvalue weighted by Gasteiger charge is 2.35. The number of anilines is 1. The van der Waals surface area contributed by atoms with E-state index in [9.17, 15) is 18.0 Å². The molecule has 3 rings (SSSR count). The number of benzene rings is 2. The lowest BCUT2D eigenvalue weighted by Crippen LogP contribution is -2.23. The molecular formula is C16H13NO7S. The van der Waals surface area contributed by atoms with Gasteiger partial charge in [-0.05, 0) is 12.1 Å². The number of carbonyl (C=O) groups is 2. The van der Waals surface area contributed by atoms with Crippen molar-refractivity contribution in [2.75, 3.05) is 18.9 Å². The van der Waals surface area contributed by atoms with Gasteiger partial charge in [0.05, 0.1) is 31.0 Å². The summed E-state index contributed by atoms with van der Waals surface area (Å²) in [5.74, 6) is -0.708. The minimum Gasteiger partial charge on any atom is -0.496 e. The van der Waals surface area contributed by atoms with E-state index in [2.05, 4.69) is 0 Å². The standard InChI is InChI=1S/C16H13NO7S/c1-23-11-5-3-4-9-13(11)16(19)14-10(15(9)18)6-8(7-12(14)24-2)17-25(20,21)22/h3-7,17H,1-2H3,(H,20,21,22). The highest BCUT2D eigenvalue weighted by Crippen LogP contribution is 2.38. The Morgan fingerprint density at radius 3 is 2.16 bits per heavy atom. The highest BCUT2D eigenvalue weighted by molar-refractivity contribution is 7.87. The summed E-state index contributed by atoms with van der Waals surface area (Å²) in [5.41, 5.74) is 0.131. The molecule has 0 saturated carbocycles. The normalized spacial score (nSPS) is 13.1. The SMILES string of the molecule is COc1cccc2c1C(=O)c1c(OC)cc(NS(=O)(=O)O)cc1C2=O. The Labute approximate surface area is 143 Å². The first-order chi connectivity index (χ1) is 11.8. The Hall–Kier alpha value is -2.91. The van der Waals surface area contributed by atoms with Crippen molar-refractivity contribution in [3.63, 3.8) is 0 Å². The summed E-state index contributed by atoms with van der Waals surface area (Å²) < 4.78 is 43.2. The molecule has 0 spiro atoms. The van der Waals surface area contributed by atoms with Crippen molar-refractivity contribution in [3.8, 4) is 11.5 Å². The fourth-order valence-corrected chi connectivity index (χ4v) is 3.21. The van der Waals surface area contributed by atoms with Crippen LogP contribution < -0.4 is 14.2 Å². The van der Waals surface area contributed by atoms with E-state index in [1.807, 2.05) is 4.72 Å². The molecule has 0 aliphatic heterocycles. The van der Waals surface area contributed by atoms with Gasteiger partial charge in [0.15, 0.2) is 5.78 Å². The molecule has 2 N–H and O–H groups in total. The first-order valence-electron chi connectivity index (χ1n) is 7.00. The zero-order chi connectivity index (χ0) is 18.4. The number of hydrogen-bond donors (Lipinski definition) is 2. The quantitative estimate of drug-likeness (QED) is 0.677. The van der Waals surface area contributed by atoms with Crippen molar-refractivity contribution >= 4 is 27.6 Å². The smallest absolute Gasteiger partial charge is 0.357 e. The maximum Gasteiger partial charge on any atom is 0.357 e. The van der Waals surface area contributed by atoms with Gasteiger partial charge in [-0.1, -0.05) is 12.1 Å². The Kier molecular flexibility index (Phi) is 3.97. The Balaban J connectivity index is 2.27. The van der Waals surface area contributed by atoms with Crippen molar-refractivity contribution in [1.29, 1.82) is 0 Å². The van der Waals surface area contributed by atoms with Gasteiger partial charge in [0, 0.05) is 17.2 Å². The van der Waals surface area contributed by atoms with Crippen LogP contribution in [0.1, 0.15) is 31.8 Å². The van der Waals surface area contributed by atoms with E-state index < -0.39 is 21.9 Å². The summed E-state index contributed by atoms with van der Waals surface area (Å²) in [4.78, 5) is 25.7. The molecule has 1 aliphatic carbocycles. The minimum absolute atomic E-state index is 0.00134. The summed E-state index contributed by atoms with van der Waals surface area (Å²) in [7, 11) is -1.88. The van der Waals surface area contributed by atoms with Gasteiger partial charge in [-0.3, -0.25) is 18.9 Å². The van der Waals surface area contributed by atoms with Crippen molar-refractivity contribution < 1.29 is 32.0 Å². The van der Waals surface area contributed by atoms with E-state index in [4.69, 9.17) is 14.0 Å². The van der Waals surface area contributed by atoms with Crippen molar-refractivity contribution in [1.82, 2.24) is 0 Å². The molecule has 0 fully saturated rings. The van der Waals surface area contributed by atoms with E-state index >= 15 is 0 Å². The lowest BCUT2D eigenvalue weighted by Gasteiger charge is -2.22. The molecule has 130 valence electrons. The van der Waals surface area contributed by atoms with E-state index in [0.29, 0.717) is 0 Å². The van der Waals surface area contributed by atoms with E-state index in [-0.39, 0.29) is 39.4 Å². The van der Waals surface area contributed by atoms with Crippen LogP contribution in [0.5, 0.6) is 11.5 Å². The zero-order valence-corrected chi connectivity index (χ0v) is 14.0. The summed E-state index contributed by atoms with van der Waals surface area (Å²) in [6.45, 7) is 0. The highest BCUT2D eigenvalue weighted by atomic mass is 32.2. The second-order valence-corrected chi connectivity index (χ2v) is 6.37. The molecule has 2 aromatic rings. The summed E-state index contributed by atoms with van der Waals surface area (Å²) in [6.07, 6.45) is 0. The maximum atomic E-state index is 12.9. The molecule has 0 amide bonds. The van der Waals surface area contributed by atoms with Crippen LogP contribution >= 0.6 is 0 Å². The molecule has 0 radical (unpaired) electrons. The lowest BCUT2D eigenvalue weighted by molar-refractivity contribution is 0.0974. The first kappa shape index (κ1) is 16.9. The molecule has 1 aliphatic rings. The molecule has 2 aromatic carbocycles. The monoisotopic (exact) mass is 363 g/mol. The first-order valence-corrected chi connectivity index (χ1v) is 8.44.